The lowest BCUT2D eigenvalue weighted by Gasteiger charge is -2.09. The predicted octanol–water partition coefficient (Wildman–Crippen LogP) is 0.827. The minimum absolute atomic E-state index is 0.306. The summed E-state index contributed by atoms with van der Waals surface area (Å²) in [5.41, 5.74) is 0. The molecule has 1 heterocycles. The molecule has 1 aliphatic heterocycles. The summed E-state index contributed by atoms with van der Waals surface area (Å²) in [6, 6.07) is 0. The van der Waals surface area contributed by atoms with Crippen LogP contribution >= 0.6 is 0 Å². The lowest BCUT2D eigenvalue weighted by Crippen LogP contribution is -2.27. The molecule has 0 radical (unpaired) electrons. The Morgan fingerprint density at radius 1 is 1.38 bits per heavy atom. The molecular weight excluding hydrogens is 226 g/mol. The van der Waals surface area contributed by atoms with Crippen LogP contribution in [0.1, 0.15) is 26.2 Å². The van der Waals surface area contributed by atoms with Crippen LogP contribution in [0.15, 0.2) is 0 Å². The van der Waals surface area contributed by atoms with Gasteiger partial charge in [-0.2, -0.15) is 0 Å². The normalized spacial score (nSPS) is 23.7. The van der Waals surface area contributed by atoms with Crippen molar-refractivity contribution in [2.75, 3.05) is 37.8 Å². The Labute approximate surface area is 98.7 Å². The number of hydrogen-bond donors (Lipinski definition) is 1. The van der Waals surface area contributed by atoms with Gasteiger partial charge in [0.25, 0.3) is 0 Å². The second-order valence-electron chi connectivity index (χ2n) is 4.44. The molecule has 0 amide bonds. The van der Waals surface area contributed by atoms with Gasteiger partial charge in [0, 0.05) is 13.2 Å². The van der Waals surface area contributed by atoms with Crippen molar-refractivity contribution in [2.24, 2.45) is 5.92 Å². The van der Waals surface area contributed by atoms with Crippen LogP contribution in [0, 0.1) is 5.92 Å². The average molecular weight is 249 g/mol. The van der Waals surface area contributed by atoms with Crippen LogP contribution in [0.4, 0.5) is 0 Å². The fourth-order valence-electron chi connectivity index (χ4n) is 1.83. The van der Waals surface area contributed by atoms with Gasteiger partial charge < -0.3 is 10.1 Å². The summed E-state index contributed by atoms with van der Waals surface area (Å²) in [5.74, 6) is 1.03. The predicted molar refractivity (Wildman–Crippen MR) is 65.4 cm³/mol. The maximum absolute atomic E-state index is 11.2. The highest BCUT2D eigenvalue weighted by Crippen LogP contribution is 2.16. The molecule has 0 aromatic heterocycles. The molecule has 0 aliphatic carbocycles. The number of unbranched alkanes of at least 4 members (excludes halogenated alkanes) is 1. The van der Waals surface area contributed by atoms with Crippen LogP contribution in [0.25, 0.3) is 0 Å². The SMILES string of the molecule is CCCCOCCNCC1CCS(=O)(=O)C1. The highest BCUT2D eigenvalue weighted by Gasteiger charge is 2.27. The van der Waals surface area contributed by atoms with Crippen LogP contribution in [0.5, 0.6) is 0 Å². The lowest BCUT2D eigenvalue weighted by atomic mass is 10.1. The summed E-state index contributed by atoms with van der Waals surface area (Å²) >= 11 is 0. The Morgan fingerprint density at radius 3 is 2.81 bits per heavy atom. The molecule has 0 saturated carbocycles. The Kier molecular flexibility index (Phi) is 6.31. The minimum Gasteiger partial charge on any atom is -0.380 e. The minimum atomic E-state index is -2.72. The van der Waals surface area contributed by atoms with Crippen molar-refractivity contribution in [3.05, 3.63) is 0 Å². The molecule has 5 heteroatoms. The van der Waals surface area contributed by atoms with Crippen LogP contribution in [0.2, 0.25) is 0 Å². The molecule has 0 aromatic carbocycles. The molecule has 4 nitrogen and oxygen atoms in total. The van der Waals surface area contributed by atoms with E-state index in [9.17, 15) is 8.42 Å². The van der Waals surface area contributed by atoms with Gasteiger partial charge in [-0.25, -0.2) is 8.42 Å². The summed E-state index contributed by atoms with van der Waals surface area (Å²) in [6.07, 6.45) is 3.08. The van der Waals surface area contributed by atoms with E-state index in [-0.39, 0.29) is 0 Å². The third kappa shape index (κ3) is 5.82. The third-order valence-corrected chi connectivity index (χ3v) is 4.66. The summed E-state index contributed by atoms with van der Waals surface area (Å²) < 4.78 is 27.8. The second-order valence-corrected chi connectivity index (χ2v) is 6.67. The zero-order valence-electron chi connectivity index (χ0n) is 10.1. The largest absolute Gasteiger partial charge is 0.380 e. The number of ether oxygens (including phenoxy) is 1. The van der Waals surface area contributed by atoms with E-state index in [0.717, 1.165) is 45.6 Å². The first-order valence-electron chi connectivity index (χ1n) is 6.13. The van der Waals surface area contributed by atoms with E-state index in [2.05, 4.69) is 12.2 Å². The zero-order chi connectivity index (χ0) is 11.9. The van der Waals surface area contributed by atoms with Gasteiger partial charge in [0.2, 0.25) is 0 Å². The third-order valence-electron chi connectivity index (χ3n) is 2.83. The number of rotatable bonds is 8. The monoisotopic (exact) mass is 249 g/mol. The molecular formula is C11H23NO3S. The maximum atomic E-state index is 11.2. The Morgan fingerprint density at radius 2 is 2.19 bits per heavy atom. The van der Waals surface area contributed by atoms with E-state index in [1.54, 1.807) is 0 Å². The summed E-state index contributed by atoms with van der Waals surface area (Å²) in [5, 5.41) is 3.25. The van der Waals surface area contributed by atoms with Crippen LogP contribution < -0.4 is 5.32 Å². The van der Waals surface area contributed by atoms with Gasteiger partial charge >= 0.3 is 0 Å². The Balaban J connectivity index is 1.92. The van der Waals surface area contributed by atoms with Crippen LogP contribution in [-0.4, -0.2) is 46.2 Å². The van der Waals surface area contributed by atoms with Crippen molar-refractivity contribution in [1.29, 1.82) is 0 Å². The molecule has 1 N–H and O–H groups in total. The van der Waals surface area contributed by atoms with Gasteiger partial charge in [0.05, 0.1) is 18.1 Å². The van der Waals surface area contributed by atoms with Crippen molar-refractivity contribution >= 4 is 9.84 Å². The molecule has 1 atom stereocenters. The van der Waals surface area contributed by atoms with Crippen molar-refractivity contribution in [2.45, 2.75) is 26.2 Å². The summed E-state index contributed by atoms with van der Waals surface area (Å²) in [7, 11) is -2.72. The second kappa shape index (κ2) is 7.25. The van der Waals surface area contributed by atoms with Crippen LogP contribution in [0.3, 0.4) is 0 Å². The highest BCUT2D eigenvalue weighted by atomic mass is 32.2. The molecule has 0 spiro atoms. The highest BCUT2D eigenvalue weighted by molar-refractivity contribution is 7.91. The van der Waals surface area contributed by atoms with Gasteiger partial charge in [0.1, 0.15) is 0 Å². The maximum Gasteiger partial charge on any atom is 0.150 e. The smallest absolute Gasteiger partial charge is 0.150 e. The fraction of sp³-hybridized carbons (Fsp3) is 1.00. The number of nitrogens with one attached hydrogen (secondary N) is 1. The summed E-state index contributed by atoms with van der Waals surface area (Å²) in [4.78, 5) is 0. The van der Waals surface area contributed by atoms with E-state index in [1.807, 2.05) is 0 Å². The first-order chi connectivity index (χ1) is 7.64. The van der Waals surface area contributed by atoms with Crippen molar-refractivity contribution in [3.63, 3.8) is 0 Å². The Bertz CT molecular complexity index is 277. The van der Waals surface area contributed by atoms with E-state index in [4.69, 9.17) is 4.74 Å². The van der Waals surface area contributed by atoms with Crippen molar-refractivity contribution < 1.29 is 13.2 Å². The van der Waals surface area contributed by atoms with Gasteiger partial charge in [-0.1, -0.05) is 13.3 Å². The van der Waals surface area contributed by atoms with Gasteiger partial charge in [-0.05, 0) is 25.3 Å². The van der Waals surface area contributed by atoms with E-state index in [1.165, 1.54) is 0 Å². The Hall–Kier alpha value is -0.130. The van der Waals surface area contributed by atoms with E-state index < -0.39 is 9.84 Å². The fourth-order valence-corrected chi connectivity index (χ4v) is 3.69. The molecule has 1 saturated heterocycles. The molecule has 0 bridgehead atoms. The first-order valence-corrected chi connectivity index (χ1v) is 7.95. The molecule has 96 valence electrons. The number of sulfone groups is 1. The van der Waals surface area contributed by atoms with Gasteiger partial charge in [-0.3, -0.25) is 0 Å². The molecule has 1 aliphatic rings. The average Bonchev–Trinajstić information content (AvgIpc) is 2.57. The topological polar surface area (TPSA) is 55.4 Å². The van der Waals surface area contributed by atoms with Gasteiger partial charge in [-0.15, -0.1) is 0 Å². The van der Waals surface area contributed by atoms with Crippen LogP contribution in [-0.2, 0) is 14.6 Å². The molecule has 0 aromatic rings. The van der Waals surface area contributed by atoms with E-state index in [0.29, 0.717) is 17.4 Å². The first kappa shape index (κ1) is 13.9. The standard InChI is InChI=1S/C11H23NO3S/c1-2-3-6-15-7-5-12-9-11-4-8-16(13,14)10-11/h11-12H,2-10H2,1H3. The van der Waals surface area contributed by atoms with E-state index >= 15 is 0 Å². The molecule has 16 heavy (non-hydrogen) atoms. The van der Waals surface area contributed by atoms with Crippen molar-refractivity contribution in [1.82, 2.24) is 5.32 Å². The molecule has 1 unspecified atom stereocenters. The molecule has 1 fully saturated rings. The number of hydrogen-bond acceptors (Lipinski definition) is 4. The molecule has 1 rings (SSSR count). The van der Waals surface area contributed by atoms with Gasteiger partial charge in [0.15, 0.2) is 9.84 Å². The van der Waals surface area contributed by atoms with Crippen molar-refractivity contribution in [3.8, 4) is 0 Å². The lowest BCUT2D eigenvalue weighted by molar-refractivity contribution is 0.132. The zero-order valence-corrected chi connectivity index (χ0v) is 10.9. The summed E-state index contributed by atoms with van der Waals surface area (Å²) in [6.45, 7) is 5.31. The quantitative estimate of drug-likeness (QED) is 0.647.